The molecule has 12 heavy (non-hydrogen) atoms. The second-order valence-corrected chi connectivity index (χ2v) is 2.67. The SMILES string of the molecule is CN=Cc1ccc(OCBr)cc1. The summed E-state index contributed by atoms with van der Waals surface area (Å²) in [5.41, 5.74) is 1.60. The van der Waals surface area contributed by atoms with Crippen LogP contribution in [-0.2, 0) is 0 Å². The minimum Gasteiger partial charge on any atom is -0.482 e. The molecule has 0 heterocycles. The van der Waals surface area contributed by atoms with Gasteiger partial charge in [0.05, 0.1) is 0 Å². The van der Waals surface area contributed by atoms with Gasteiger partial charge in [0.25, 0.3) is 0 Å². The van der Waals surface area contributed by atoms with Crippen molar-refractivity contribution in [2.75, 3.05) is 12.6 Å². The third-order valence-corrected chi connectivity index (χ3v) is 1.61. The van der Waals surface area contributed by atoms with Gasteiger partial charge < -0.3 is 4.74 Å². The van der Waals surface area contributed by atoms with Crippen molar-refractivity contribution in [1.82, 2.24) is 0 Å². The lowest BCUT2D eigenvalue weighted by atomic mass is 10.2. The number of aliphatic imine (C=N–C) groups is 1. The molecule has 1 aromatic carbocycles. The molecular formula is C9H10BrNO. The first-order chi connectivity index (χ1) is 5.86. The smallest absolute Gasteiger partial charge is 0.143 e. The lowest BCUT2D eigenvalue weighted by Gasteiger charge is -2.00. The highest BCUT2D eigenvalue weighted by Crippen LogP contribution is 2.11. The molecule has 0 aliphatic carbocycles. The number of hydrogen-bond donors (Lipinski definition) is 0. The lowest BCUT2D eigenvalue weighted by molar-refractivity contribution is 0.398. The topological polar surface area (TPSA) is 21.6 Å². The van der Waals surface area contributed by atoms with E-state index in [4.69, 9.17) is 4.74 Å². The Labute approximate surface area is 80.4 Å². The van der Waals surface area contributed by atoms with Crippen LogP contribution in [0.4, 0.5) is 0 Å². The molecule has 0 unspecified atom stereocenters. The van der Waals surface area contributed by atoms with Gasteiger partial charge >= 0.3 is 0 Å². The minimum absolute atomic E-state index is 0.522. The van der Waals surface area contributed by atoms with Gasteiger partial charge in [-0.05, 0) is 45.8 Å². The molecule has 0 radical (unpaired) electrons. The third kappa shape index (κ3) is 2.66. The Hall–Kier alpha value is -0.830. The Morgan fingerprint density at radius 1 is 1.42 bits per heavy atom. The molecule has 3 heteroatoms. The zero-order valence-corrected chi connectivity index (χ0v) is 8.41. The monoisotopic (exact) mass is 227 g/mol. The van der Waals surface area contributed by atoms with Crippen LogP contribution in [0.3, 0.4) is 0 Å². The number of hydrogen-bond acceptors (Lipinski definition) is 2. The van der Waals surface area contributed by atoms with E-state index in [1.165, 1.54) is 0 Å². The van der Waals surface area contributed by atoms with Crippen molar-refractivity contribution in [3.8, 4) is 5.75 Å². The maximum Gasteiger partial charge on any atom is 0.143 e. The van der Waals surface area contributed by atoms with E-state index in [9.17, 15) is 0 Å². The Morgan fingerprint density at radius 3 is 2.58 bits per heavy atom. The zero-order valence-electron chi connectivity index (χ0n) is 6.83. The molecule has 0 saturated heterocycles. The van der Waals surface area contributed by atoms with Crippen LogP contribution in [0, 0.1) is 0 Å². The minimum atomic E-state index is 0.522. The van der Waals surface area contributed by atoms with Gasteiger partial charge in [0.15, 0.2) is 0 Å². The average Bonchev–Trinajstić information content (AvgIpc) is 2.09. The van der Waals surface area contributed by atoms with Gasteiger partial charge in [0.1, 0.15) is 11.3 Å². The molecule has 0 fully saturated rings. The second-order valence-electron chi connectivity index (χ2n) is 2.21. The predicted molar refractivity (Wildman–Crippen MR) is 54.4 cm³/mol. The van der Waals surface area contributed by atoms with Crippen molar-refractivity contribution in [3.63, 3.8) is 0 Å². The van der Waals surface area contributed by atoms with Gasteiger partial charge in [0.2, 0.25) is 0 Å². The summed E-state index contributed by atoms with van der Waals surface area (Å²) in [6, 6.07) is 7.76. The van der Waals surface area contributed by atoms with Gasteiger partial charge in [-0.1, -0.05) is 0 Å². The van der Waals surface area contributed by atoms with E-state index in [0.29, 0.717) is 5.52 Å². The normalized spacial score (nSPS) is 10.5. The highest BCUT2D eigenvalue weighted by molar-refractivity contribution is 9.09. The van der Waals surface area contributed by atoms with E-state index in [-0.39, 0.29) is 0 Å². The maximum atomic E-state index is 5.21. The van der Waals surface area contributed by atoms with Crippen LogP contribution in [0.2, 0.25) is 0 Å². The summed E-state index contributed by atoms with van der Waals surface area (Å²) in [6.45, 7) is 0. The van der Waals surface area contributed by atoms with Crippen LogP contribution in [-0.4, -0.2) is 18.8 Å². The molecule has 0 aliphatic heterocycles. The van der Waals surface area contributed by atoms with Crippen LogP contribution in [0.15, 0.2) is 29.3 Å². The Bertz CT molecular complexity index is 256. The zero-order chi connectivity index (χ0) is 8.81. The van der Waals surface area contributed by atoms with E-state index in [1.54, 1.807) is 13.3 Å². The van der Waals surface area contributed by atoms with Crippen LogP contribution >= 0.6 is 15.9 Å². The highest BCUT2D eigenvalue weighted by Gasteiger charge is 1.90. The standard InChI is InChI=1S/C9H10BrNO/c1-11-6-8-2-4-9(5-3-8)12-7-10/h2-6H,7H2,1H3. The number of halogens is 1. The average molecular weight is 228 g/mol. The van der Waals surface area contributed by atoms with Crippen molar-refractivity contribution in [2.45, 2.75) is 0 Å². The van der Waals surface area contributed by atoms with Gasteiger partial charge in [-0.2, -0.15) is 0 Å². The van der Waals surface area contributed by atoms with Gasteiger partial charge in [-0.25, -0.2) is 0 Å². The molecule has 0 saturated carbocycles. The molecule has 0 atom stereocenters. The van der Waals surface area contributed by atoms with Gasteiger partial charge in [0, 0.05) is 13.3 Å². The molecule has 0 spiro atoms. The fourth-order valence-electron chi connectivity index (χ4n) is 0.862. The predicted octanol–water partition coefficient (Wildman–Crippen LogP) is 2.47. The van der Waals surface area contributed by atoms with Crippen molar-refractivity contribution in [3.05, 3.63) is 29.8 Å². The third-order valence-electron chi connectivity index (χ3n) is 1.38. The largest absolute Gasteiger partial charge is 0.482 e. The van der Waals surface area contributed by atoms with Crippen molar-refractivity contribution in [1.29, 1.82) is 0 Å². The first kappa shape index (κ1) is 9.26. The Morgan fingerprint density at radius 2 is 2.08 bits per heavy atom. The quantitative estimate of drug-likeness (QED) is 0.575. The summed E-state index contributed by atoms with van der Waals surface area (Å²) in [5, 5.41) is 0. The van der Waals surface area contributed by atoms with E-state index >= 15 is 0 Å². The maximum absolute atomic E-state index is 5.21. The van der Waals surface area contributed by atoms with Crippen LogP contribution in [0.25, 0.3) is 0 Å². The van der Waals surface area contributed by atoms with Crippen LogP contribution < -0.4 is 4.74 Å². The van der Waals surface area contributed by atoms with Crippen molar-refractivity contribution >= 4 is 22.1 Å². The van der Waals surface area contributed by atoms with E-state index in [1.807, 2.05) is 24.3 Å². The van der Waals surface area contributed by atoms with Crippen molar-refractivity contribution < 1.29 is 4.74 Å². The molecule has 0 bridgehead atoms. The van der Waals surface area contributed by atoms with E-state index in [0.717, 1.165) is 11.3 Å². The molecule has 0 aromatic heterocycles. The van der Waals surface area contributed by atoms with Gasteiger partial charge in [-0.15, -0.1) is 0 Å². The van der Waals surface area contributed by atoms with E-state index < -0.39 is 0 Å². The fourth-order valence-corrected chi connectivity index (χ4v) is 1.13. The molecule has 1 rings (SSSR count). The molecule has 2 nitrogen and oxygen atoms in total. The summed E-state index contributed by atoms with van der Waals surface area (Å²) in [6.07, 6.45) is 1.80. The second kappa shape index (κ2) is 4.93. The van der Waals surface area contributed by atoms with Gasteiger partial charge in [-0.3, -0.25) is 4.99 Å². The Kier molecular flexibility index (Phi) is 3.80. The summed E-state index contributed by atoms with van der Waals surface area (Å²) in [5.74, 6) is 0.861. The number of alkyl halides is 1. The fraction of sp³-hybridized carbons (Fsp3) is 0.222. The van der Waals surface area contributed by atoms with Crippen LogP contribution in [0.5, 0.6) is 5.75 Å². The van der Waals surface area contributed by atoms with Crippen molar-refractivity contribution in [2.24, 2.45) is 4.99 Å². The first-order valence-electron chi connectivity index (χ1n) is 3.58. The number of nitrogens with zero attached hydrogens (tertiary/aromatic N) is 1. The summed E-state index contributed by atoms with van der Waals surface area (Å²) >= 11 is 3.19. The molecule has 0 amide bonds. The molecule has 64 valence electrons. The summed E-state index contributed by atoms with van der Waals surface area (Å²) < 4.78 is 5.21. The Balaban J connectivity index is 2.71. The van der Waals surface area contributed by atoms with E-state index in [2.05, 4.69) is 20.9 Å². The first-order valence-corrected chi connectivity index (χ1v) is 4.70. The summed E-state index contributed by atoms with van der Waals surface area (Å²) in [7, 11) is 1.75. The lowest BCUT2D eigenvalue weighted by Crippen LogP contribution is -1.88. The number of rotatable bonds is 3. The highest BCUT2D eigenvalue weighted by atomic mass is 79.9. The summed E-state index contributed by atoms with van der Waals surface area (Å²) in [4.78, 5) is 3.91. The molecular weight excluding hydrogens is 218 g/mol. The molecule has 1 aromatic rings. The molecule has 0 aliphatic rings. The molecule has 0 N–H and O–H groups in total. The number of ether oxygens (including phenoxy) is 1. The van der Waals surface area contributed by atoms with Crippen LogP contribution in [0.1, 0.15) is 5.56 Å². The number of benzene rings is 1.